The second-order valence-corrected chi connectivity index (χ2v) is 6.52. The summed E-state index contributed by atoms with van der Waals surface area (Å²) in [5.74, 6) is -1.97. The van der Waals surface area contributed by atoms with Gasteiger partial charge in [-0.05, 0) is 31.0 Å². The molecule has 1 amide bonds. The predicted molar refractivity (Wildman–Crippen MR) is 89.9 cm³/mol. The van der Waals surface area contributed by atoms with E-state index >= 15 is 0 Å². The second kappa shape index (κ2) is 7.13. The lowest BCUT2D eigenvalue weighted by Gasteiger charge is -2.18. The summed E-state index contributed by atoms with van der Waals surface area (Å²) in [6.07, 6.45) is 0.729. The molecule has 0 bridgehead atoms. The molecule has 2 aromatic carbocycles. The van der Waals surface area contributed by atoms with E-state index in [1.54, 1.807) is 36.4 Å². The summed E-state index contributed by atoms with van der Waals surface area (Å²) in [6, 6.07) is 12.9. The minimum atomic E-state index is -1.11. The molecule has 0 spiro atoms. The van der Waals surface area contributed by atoms with Gasteiger partial charge < -0.3 is 10.1 Å². The normalized spacial score (nSPS) is 14.8. The Labute approximate surface area is 147 Å². The van der Waals surface area contributed by atoms with Gasteiger partial charge >= 0.3 is 5.97 Å². The van der Waals surface area contributed by atoms with Crippen LogP contribution >= 0.6 is 15.9 Å². The molecule has 1 atom stereocenters. The van der Waals surface area contributed by atoms with Crippen LogP contribution in [0.25, 0.3) is 0 Å². The van der Waals surface area contributed by atoms with Gasteiger partial charge in [0.1, 0.15) is 5.82 Å². The van der Waals surface area contributed by atoms with Gasteiger partial charge in [-0.25, -0.2) is 9.18 Å². The summed E-state index contributed by atoms with van der Waals surface area (Å²) in [5, 5.41) is 2.82. The van der Waals surface area contributed by atoms with Crippen molar-refractivity contribution in [1.82, 2.24) is 5.32 Å². The number of nitrogens with one attached hydrogen (secondary N) is 1. The number of carbonyl (C=O) groups is 2. The number of benzene rings is 2. The molecule has 6 heteroatoms. The number of carbonyl (C=O) groups excluding carboxylic acids is 2. The molecule has 0 radical (unpaired) electrons. The third kappa shape index (κ3) is 4.00. The molecule has 0 aromatic heterocycles. The minimum Gasteiger partial charge on any atom is -0.444 e. The van der Waals surface area contributed by atoms with E-state index in [2.05, 4.69) is 21.2 Å². The maximum absolute atomic E-state index is 13.9. The van der Waals surface area contributed by atoms with Crippen LogP contribution in [0.5, 0.6) is 0 Å². The number of esters is 1. The first kappa shape index (κ1) is 16.6. The number of halogens is 2. The van der Waals surface area contributed by atoms with Crippen molar-refractivity contribution >= 4 is 27.8 Å². The van der Waals surface area contributed by atoms with Gasteiger partial charge in [0.15, 0.2) is 0 Å². The van der Waals surface area contributed by atoms with Crippen molar-refractivity contribution in [2.24, 2.45) is 0 Å². The lowest BCUT2D eigenvalue weighted by atomic mass is 10.1. The SMILES string of the molecule is O=C(OC(C(=O)NC1CC1)c1ccccc1)c1ccc(Br)cc1F. The number of hydrogen-bond donors (Lipinski definition) is 1. The van der Waals surface area contributed by atoms with Crippen molar-refractivity contribution in [3.8, 4) is 0 Å². The van der Waals surface area contributed by atoms with Gasteiger partial charge in [-0.1, -0.05) is 46.3 Å². The van der Waals surface area contributed by atoms with Gasteiger partial charge in [0, 0.05) is 16.1 Å². The fourth-order valence-corrected chi connectivity index (χ4v) is 2.56. The van der Waals surface area contributed by atoms with Crippen LogP contribution in [0.15, 0.2) is 53.0 Å². The monoisotopic (exact) mass is 391 g/mol. The largest absolute Gasteiger partial charge is 0.444 e. The van der Waals surface area contributed by atoms with Crippen LogP contribution in [0, 0.1) is 5.82 Å². The molecule has 0 aliphatic heterocycles. The summed E-state index contributed by atoms with van der Waals surface area (Å²) in [7, 11) is 0. The molecule has 0 heterocycles. The Morgan fingerprint density at radius 3 is 2.50 bits per heavy atom. The Kier molecular flexibility index (Phi) is 4.94. The van der Waals surface area contributed by atoms with Crippen molar-refractivity contribution in [3.63, 3.8) is 0 Å². The number of rotatable bonds is 5. The van der Waals surface area contributed by atoms with E-state index in [9.17, 15) is 14.0 Å². The first-order valence-electron chi connectivity index (χ1n) is 7.56. The average Bonchev–Trinajstić information content (AvgIpc) is 3.37. The van der Waals surface area contributed by atoms with Crippen LogP contribution < -0.4 is 5.32 Å². The molecule has 1 unspecified atom stereocenters. The van der Waals surface area contributed by atoms with Crippen molar-refractivity contribution in [2.45, 2.75) is 25.0 Å². The van der Waals surface area contributed by atoms with Crippen molar-refractivity contribution < 1.29 is 18.7 Å². The molecular weight excluding hydrogens is 377 g/mol. The molecule has 2 aromatic rings. The molecule has 24 heavy (non-hydrogen) atoms. The Hall–Kier alpha value is -2.21. The van der Waals surface area contributed by atoms with Gasteiger partial charge in [-0.2, -0.15) is 0 Å². The second-order valence-electron chi connectivity index (χ2n) is 5.60. The average molecular weight is 392 g/mol. The van der Waals surface area contributed by atoms with E-state index in [1.165, 1.54) is 12.1 Å². The summed E-state index contributed by atoms with van der Waals surface area (Å²) >= 11 is 3.13. The fraction of sp³-hybridized carbons (Fsp3) is 0.222. The van der Waals surface area contributed by atoms with Crippen molar-refractivity contribution in [2.75, 3.05) is 0 Å². The molecule has 1 saturated carbocycles. The lowest BCUT2D eigenvalue weighted by molar-refractivity contribution is -0.130. The summed E-state index contributed by atoms with van der Waals surface area (Å²) in [6.45, 7) is 0. The number of hydrogen-bond acceptors (Lipinski definition) is 3. The minimum absolute atomic E-state index is 0.131. The maximum Gasteiger partial charge on any atom is 0.342 e. The smallest absolute Gasteiger partial charge is 0.342 e. The highest BCUT2D eigenvalue weighted by Crippen LogP contribution is 2.25. The van der Waals surface area contributed by atoms with Crippen LogP contribution in [0.3, 0.4) is 0 Å². The van der Waals surface area contributed by atoms with Gasteiger partial charge in [0.05, 0.1) is 5.56 Å². The van der Waals surface area contributed by atoms with Crippen LogP contribution in [-0.2, 0) is 9.53 Å². The highest BCUT2D eigenvalue weighted by molar-refractivity contribution is 9.10. The van der Waals surface area contributed by atoms with Gasteiger partial charge in [-0.3, -0.25) is 4.79 Å². The Balaban J connectivity index is 1.82. The maximum atomic E-state index is 13.9. The highest BCUT2D eigenvalue weighted by Gasteiger charge is 2.31. The van der Waals surface area contributed by atoms with Crippen LogP contribution in [-0.4, -0.2) is 17.9 Å². The highest BCUT2D eigenvalue weighted by atomic mass is 79.9. The Morgan fingerprint density at radius 1 is 1.17 bits per heavy atom. The van der Waals surface area contributed by atoms with Gasteiger partial charge in [0.2, 0.25) is 6.10 Å². The van der Waals surface area contributed by atoms with E-state index in [4.69, 9.17) is 4.74 Å². The number of amides is 1. The summed E-state index contributed by atoms with van der Waals surface area (Å²) < 4.78 is 19.8. The van der Waals surface area contributed by atoms with Crippen molar-refractivity contribution in [1.29, 1.82) is 0 Å². The van der Waals surface area contributed by atoms with E-state index in [0.717, 1.165) is 12.8 Å². The lowest BCUT2D eigenvalue weighted by Crippen LogP contribution is -2.33. The zero-order valence-electron chi connectivity index (χ0n) is 12.7. The molecule has 3 rings (SSSR count). The van der Waals surface area contributed by atoms with E-state index in [0.29, 0.717) is 10.0 Å². The zero-order chi connectivity index (χ0) is 17.1. The quantitative estimate of drug-likeness (QED) is 0.789. The predicted octanol–water partition coefficient (Wildman–Crippen LogP) is 3.76. The van der Waals surface area contributed by atoms with Crippen molar-refractivity contribution in [3.05, 3.63) is 69.9 Å². The fourth-order valence-electron chi connectivity index (χ4n) is 2.23. The molecule has 0 saturated heterocycles. The zero-order valence-corrected chi connectivity index (χ0v) is 14.3. The van der Waals surface area contributed by atoms with E-state index in [-0.39, 0.29) is 11.6 Å². The topological polar surface area (TPSA) is 55.4 Å². The van der Waals surface area contributed by atoms with E-state index in [1.807, 2.05) is 0 Å². The molecule has 4 nitrogen and oxygen atoms in total. The first-order valence-corrected chi connectivity index (χ1v) is 8.35. The standard InChI is InChI=1S/C18H15BrFNO3/c19-12-6-9-14(15(20)10-12)18(23)24-16(11-4-2-1-3-5-11)17(22)21-13-7-8-13/h1-6,9-10,13,16H,7-8H2,(H,21,22). The third-order valence-corrected chi connectivity index (χ3v) is 4.13. The van der Waals surface area contributed by atoms with E-state index < -0.39 is 23.8 Å². The van der Waals surface area contributed by atoms with Gasteiger partial charge in [0.25, 0.3) is 5.91 Å². The molecule has 1 aliphatic rings. The van der Waals surface area contributed by atoms with Gasteiger partial charge in [-0.15, -0.1) is 0 Å². The summed E-state index contributed by atoms with van der Waals surface area (Å²) in [5.41, 5.74) is 0.333. The Bertz CT molecular complexity index is 762. The van der Waals surface area contributed by atoms with Crippen LogP contribution in [0.4, 0.5) is 4.39 Å². The molecule has 1 fully saturated rings. The summed E-state index contributed by atoms with van der Waals surface area (Å²) in [4.78, 5) is 24.7. The molecule has 124 valence electrons. The van der Waals surface area contributed by atoms with Crippen LogP contribution in [0.2, 0.25) is 0 Å². The third-order valence-electron chi connectivity index (χ3n) is 3.64. The molecular formula is C18H15BrFNO3. The molecule has 1 N–H and O–H groups in total. The first-order chi connectivity index (χ1) is 11.5. The Morgan fingerprint density at radius 2 is 1.88 bits per heavy atom. The molecule has 1 aliphatic carbocycles. The number of ether oxygens (including phenoxy) is 1. The van der Waals surface area contributed by atoms with Crippen LogP contribution in [0.1, 0.15) is 34.9 Å².